The van der Waals surface area contributed by atoms with E-state index in [0.717, 1.165) is 62.8 Å². The fraction of sp³-hybridized carbons (Fsp3) is 0.389. The van der Waals surface area contributed by atoms with Gasteiger partial charge in [0.15, 0.2) is 5.82 Å². The Morgan fingerprint density at radius 2 is 2.15 bits per heavy atom. The molecule has 0 unspecified atom stereocenters. The predicted octanol–water partition coefficient (Wildman–Crippen LogP) is 2.98. The molecule has 27 heavy (non-hydrogen) atoms. The molecule has 0 atom stereocenters. The zero-order chi connectivity index (χ0) is 16.9. The minimum Gasteiger partial charge on any atom is -0.384 e. The van der Waals surface area contributed by atoms with Crippen molar-refractivity contribution in [3.05, 3.63) is 48.7 Å². The van der Waals surface area contributed by atoms with Gasteiger partial charge >= 0.3 is 0 Å². The van der Waals surface area contributed by atoms with Gasteiger partial charge < -0.3 is 15.2 Å². The zero-order valence-corrected chi connectivity index (χ0v) is 16.7. The quantitative estimate of drug-likeness (QED) is 0.612. The van der Waals surface area contributed by atoms with Gasteiger partial charge in [-0.25, -0.2) is 4.98 Å². The topological polar surface area (TPSA) is 72.6 Å². The van der Waals surface area contributed by atoms with Crippen LogP contribution in [0.15, 0.2) is 43.0 Å². The summed E-state index contributed by atoms with van der Waals surface area (Å²) in [5, 5.41) is 11.6. The van der Waals surface area contributed by atoms with Crippen LogP contribution < -0.4 is 10.6 Å². The molecule has 0 radical (unpaired) electrons. The van der Waals surface area contributed by atoms with Gasteiger partial charge in [-0.05, 0) is 37.6 Å². The van der Waals surface area contributed by atoms with Crippen molar-refractivity contribution in [3.8, 4) is 11.5 Å². The number of aryl methyl sites for hydroxylation is 2. The van der Waals surface area contributed by atoms with Crippen LogP contribution in [0.3, 0.4) is 0 Å². The Morgan fingerprint density at radius 1 is 1.22 bits per heavy atom. The summed E-state index contributed by atoms with van der Waals surface area (Å²) in [6, 6.07) is 6.13. The van der Waals surface area contributed by atoms with E-state index in [0.29, 0.717) is 0 Å². The summed E-state index contributed by atoms with van der Waals surface area (Å²) in [7, 11) is 0. The van der Waals surface area contributed by atoms with Gasteiger partial charge in [-0.1, -0.05) is 0 Å². The van der Waals surface area contributed by atoms with Crippen LogP contribution >= 0.6 is 24.8 Å². The normalized spacial score (nSPS) is 13.0. The van der Waals surface area contributed by atoms with Gasteiger partial charge in [0.2, 0.25) is 0 Å². The van der Waals surface area contributed by atoms with E-state index in [1.54, 1.807) is 6.20 Å². The fourth-order valence-corrected chi connectivity index (χ4v) is 3.14. The molecule has 0 fully saturated rings. The van der Waals surface area contributed by atoms with Gasteiger partial charge in [0, 0.05) is 51.0 Å². The molecule has 1 aliphatic heterocycles. The summed E-state index contributed by atoms with van der Waals surface area (Å²) in [5.74, 6) is 0.946. The second-order valence-electron chi connectivity index (χ2n) is 6.24. The Kier molecular flexibility index (Phi) is 8.09. The molecule has 7 nitrogen and oxygen atoms in total. The molecular formula is C18H25Cl2N7. The number of pyridine rings is 1. The summed E-state index contributed by atoms with van der Waals surface area (Å²) in [6.07, 6.45) is 9.63. The molecule has 2 N–H and O–H groups in total. The van der Waals surface area contributed by atoms with Gasteiger partial charge in [-0.2, -0.15) is 5.10 Å². The van der Waals surface area contributed by atoms with Crippen molar-refractivity contribution >= 4 is 30.5 Å². The molecule has 3 aromatic heterocycles. The van der Waals surface area contributed by atoms with Gasteiger partial charge in [-0.3, -0.25) is 9.67 Å². The smallest absolute Gasteiger partial charge is 0.160 e. The molecular weight excluding hydrogens is 385 g/mol. The molecule has 0 aromatic carbocycles. The Bertz CT molecular complexity index is 793. The predicted molar refractivity (Wildman–Crippen MR) is 112 cm³/mol. The SMILES string of the molecule is Cl.Cl.c1cncc(NCCCn2ccnc2-c2cc3n(n2)CCCNC3)c1. The largest absolute Gasteiger partial charge is 0.384 e. The zero-order valence-electron chi connectivity index (χ0n) is 15.0. The van der Waals surface area contributed by atoms with E-state index in [4.69, 9.17) is 5.10 Å². The number of anilines is 1. The monoisotopic (exact) mass is 409 g/mol. The number of rotatable bonds is 6. The highest BCUT2D eigenvalue weighted by atomic mass is 35.5. The first-order chi connectivity index (χ1) is 12.4. The van der Waals surface area contributed by atoms with E-state index in [2.05, 4.69) is 35.9 Å². The Hall–Kier alpha value is -2.09. The van der Waals surface area contributed by atoms with Crippen LogP contribution in [0.1, 0.15) is 18.5 Å². The highest BCUT2D eigenvalue weighted by molar-refractivity contribution is 5.85. The van der Waals surface area contributed by atoms with Crippen molar-refractivity contribution < 1.29 is 0 Å². The standard InChI is InChI=1S/C18H23N7.2ClH/c1-4-15(13-19-5-1)21-7-3-9-24-11-8-22-18(24)17-12-16-14-20-6-2-10-25(16)23-17;;/h1,4-5,8,11-13,20-21H,2-3,6-7,9-10,14H2;2*1H. The van der Waals surface area contributed by atoms with Crippen LogP contribution in [0, 0.1) is 0 Å². The average molecular weight is 410 g/mol. The number of nitrogens with zero attached hydrogens (tertiary/aromatic N) is 5. The van der Waals surface area contributed by atoms with Crippen molar-refractivity contribution in [2.75, 3.05) is 18.4 Å². The number of halogens is 2. The van der Waals surface area contributed by atoms with Gasteiger partial charge in [0.1, 0.15) is 5.69 Å². The van der Waals surface area contributed by atoms with Crippen LogP contribution in [-0.2, 0) is 19.6 Å². The lowest BCUT2D eigenvalue weighted by Crippen LogP contribution is -2.11. The number of nitrogens with one attached hydrogen (secondary N) is 2. The second-order valence-corrected chi connectivity index (χ2v) is 6.24. The van der Waals surface area contributed by atoms with Crippen molar-refractivity contribution in [2.24, 2.45) is 0 Å². The molecule has 0 saturated heterocycles. The maximum absolute atomic E-state index is 4.76. The molecule has 0 aliphatic carbocycles. The van der Waals surface area contributed by atoms with E-state index in [-0.39, 0.29) is 24.8 Å². The van der Waals surface area contributed by atoms with E-state index in [1.807, 2.05) is 30.7 Å². The molecule has 1 aliphatic rings. The van der Waals surface area contributed by atoms with Gasteiger partial charge in [-0.15, -0.1) is 24.8 Å². The van der Waals surface area contributed by atoms with Gasteiger partial charge in [0.25, 0.3) is 0 Å². The molecule has 3 aromatic rings. The van der Waals surface area contributed by atoms with Crippen LogP contribution in [0.4, 0.5) is 5.69 Å². The van der Waals surface area contributed by atoms with Gasteiger partial charge in [0.05, 0.1) is 11.4 Å². The van der Waals surface area contributed by atoms with Crippen LogP contribution in [0.2, 0.25) is 0 Å². The Labute approximate surface area is 171 Å². The van der Waals surface area contributed by atoms with E-state index in [1.165, 1.54) is 5.69 Å². The summed E-state index contributed by atoms with van der Waals surface area (Å²) in [5.41, 5.74) is 3.25. The fourth-order valence-electron chi connectivity index (χ4n) is 3.14. The molecule has 0 bridgehead atoms. The number of aromatic nitrogens is 5. The van der Waals surface area contributed by atoms with Crippen LogP contribution in [-0.4, -0.2) is 37.4 Å². The van der Waals surface area contributed by atoms with E-state index < -0.39 is 0 Å². The summed E-state index contributed by atoms with van der Waals surface area (Å²) in [6.45, 7) is 4.70. The Morgan fingerprint density at radius 3 is 3.00 bits per heavy atom. The van der Waals surface area contributed by atoms with E-state index >= 15 is 0 Å². The lowest BCUT2D eigenvalue weighted by atomic mass is 10.3. The van der Waals surface area contributed by atoms with Crippen molar-refractivity contribution in [2.45, 2.75) is 32.5 Å². The highest BCUT2D eigenvalue weighted by Crippen LogP contribution is 2.19. The van der Waals surface area contributed by atoms with Crippen LogP contribution in [0.5, 0.6) is 0 Å². The molecule has 0 amide bonds. The number of hydrogen-bond donors (Lipinski definition) is 2. The maximum atomic E-state index is 4.76. The van der Waals surface area contributed by atoms with Crippen molar-refractivity contribution in [3.63, 3.8) is 0 Å². The lowest BCUT2D eigenvalue weighted by molar-refractivity contribution is 0.587. The number of hydrogen-bond acceptors (Lipinski definition) is 5. The third-order valence-electron chi connectivity index (χ3n) is 4.40. The average Bonchev–Trinajstić information content (AvgIpc) is 3.21. The van der Waals surface area contributed by atoms with Crippen molar-refractivity contribution in [1.82, 2.24) is 29.6 Å². The number of fused-ring (bicyclic) bond motifs is 1. The molecule has 0 spiro atoms. The lowest BCUT2D eigenvalue weighted by Gasteiger charge is -2.08. The second kappa shape index (κ2) is 10.3. The minimum atomic E-state index is 0. The molecule has 4 rings (SSSR count). The van der Waals surface area contributed by atoms with E-state index in [9.17, 15) is 0 Å². The summed E-state index contributed by atoms with van der Waals surface area (Å²) in [4.78, 5) is 8.64. The third-order valence-corrected chi connectivity index (χ3v) is 4.40. The maximum Gasteiger partial charge on any atom is 0.160 e. The van der Waals surface area contributed by atoms with Crippen LogP contribution in [0.25, 0.3) is 11.5 Å². The Balaban J connectivity index is 0.00000131. The molecule has 4 heterocycles. The van der Waals surface area contributed by atoms with Crippen molar-refractivity contribution in [1.29, 1.82) is 0 Å². The molecule has 146 valence electrons. The number of imidazole rings is 1. The summed E-state index contributed by atoms with van der Waals surface area (Å²) < 4.78 is 4.29. The first-order valence-electron chi connectivity index (χ1n) is 8.83. The first-order valence-corrected chi connectivity index (χ1v) is 8.83. The minimum absolute atomic E-state index is 0. The molecule has 0 saturated carbocycles. The summed E-state index contributed by atoms with van der Waals surface area (Å²) >= 11 is 0. The molecule has 9 heteroatoms. The first kappa shape index (κ1) is 21.2. The highest BCUT2D eigenvalue weighted by Gasteiger charge is 2.15. The third kappa shape index (κ3) is 5.22.